The molecule has 2 atom stereocenters. The maximum absolute atomic E-state index is 5.32. The number of hydrogen-bond donors (Lipinski definition) is 2. The third kappa shape index (κ3) is 5.27. The van der Waals surface area contributed by atoms with Gasteiger partial charge in [0.2, 0.25) is 0 Å². The van der Waals surface area contributed by atoms with Crippen LogP contribution in [0, 0.1) is 5.92 Å². The van der Waals surface area contributed by atoms with Gasteiger partial charge in [0.25, 0.3) is 0 Å². The number of nitrogens with zero attached hydrogens (tertiary/aromatic N) is 1. The molecule has 5 heteroatoms. The van der Waals surface area contributed by atoms with Crippen molar-refractivity contribution in [2.24, 2.45) is 10.9 Å². The maximum Gasteiger partial charge on any atom is 0.191 e. The summed E-state index contributed by atoms with van der Waals surface area (Å²) < 4.78 is 5.32. The lowest BCUT2D eigenvalue weighted by molar-refractivity contribution is 0.506. The van der Waals surface area contributed by atoms with Gasteiger partial charge in [-0.25, -0.2) is 0 Å². The van der Waals surface area contributed by atoms with Gasteiger partial charge in [-0.3, -0.25) is 4.99 Å². The lowest BCUT2D eigenvalue weighted by Gasteiger charge is -2.11. The molecule has 1 aromatic carbocycles. The van der Waals surface area contributed by atoms with Gasteiger partial charge in [0.05, 0.1) is 6.26 Å². The molecule has 1 aromatic heterocycles. The monoisotopic (exact) mass is 425 g/mol. The summed E-state index contributed by atoms with van der Waals surface area (Å²) >= 11 is 0. The fraction of sp³-hybridized carbons (Fsp3) is 0.389. The minimum Gasteiger partial charge on any atom is -0.469 e. The molecule has 0 spiro atoms. The first-order valence-electron chi connectivity index (χ1n) is 7.88. The molecule has 4 nitrogen and oxygen atoms in total. The summed E-state index contributed by atoms with van der Waals surface area (Å²) in [6.07, 6.45) is 3.84. The zero-order chi connectivity index (χ0) is 15.2. The van der Waals surface area contributed by atoms with Crippen LogP contribution in [0.15, 0.2) is 58.1 Å². The Morgan fingerprint density at radius 3 is 2.70 bits per heavy atom. The average Bonchev–Trinajstić information content (AvgIpc) is 3.16. The Morgan fingerprint density at radius 2 is 2.00 bits per heavy atom. The summed E-state index contributed by atoms with van der Waals surface area (Å²) in [5, 5.41) is 6.74. The van der Waals surface area contributed by atoms with Crippen LogP contribution in [-0.4, -0.2) is 26.1 Å². The Hall–Kier alpha value is -1.50. The van der Waals surface area contributed by atoms with Crippen LogP contribution in [0.1, 0.15) is 23.7 Å². The third-order valence-corrected chi connectivity index (χ3v) is 4.15. The van der Waals surface area contributed by atoms with E-state index in [1.165, 1.54) is 12.0 Å². The van der Waals surface area contributed by atoms with Crippen molar-refractivity contribution in [3.63, 3.8) is 0 Å². The molecule has 2 aromatic rings. The Bertz CT molecular complexity index is 598. The van der Waals surface area contributed by atoms with E-state index in [-0.39, 0.29) is 24.0 Å². The lowest BCUT2D eigenvalue weighted by Crippen LogP contribution is -2.39. The van der Waals surface area contributed by atoms with Crippen molar-refractivity contribution < 1.29 is 4.42 Å². The Balaban J connectivity index is 0.00000192. The molecule has 23 heavy (non-hydrogen) atoms. The van der Waals surface area contributed by atoms with Crippen molar-refractivity contribution >= 4 is 29.9 Å². The highest BCUT2D eigenvalue weighted by atomic mass is 127. The number of halogens is 1. The molecule has 1 heterocycles. The second kappa shape index (κ2) is 8.96. The van der Waals surface area contributed by atoms with E-state index in [1.54, 1.807) is 6.26 Å². The number of rotatable bonds is 6. The number of benzene rings is 1. The summed E-state index contributed by atoms with van der Waals surface area (Å²) in [6, 6.07) is 14.7. The van der Waals surface area contributed by atoms with Gasteiger partial charge >= 0.3 is 0 Å². The molecule has 0 radical (unpaired) electrons. The first kappa shape index (κ1) is 17.8. The first-order chi connectivity index (χ1) is 10.9. The van der Waals surface area contributed by atoms with E-state index in [4.69, 9.17) is 4.42 Å². The molecular formula is C18H24IN3O. The van der Waals surface area contributed by atoms with Crippen LogP contribution in [0.3, 0.4) is 0 Å². The molecule has 124 valence electrons. The SMILES string of the molecule is CN=C(NCCc1ccco1)NCC1CC1c1ccccc1.I. The normalized spacial score (nSPS) is 19.8. The van der Waals surface area contributed by atoms with Gasteiger partial charge in [0, 0.05) is 26.6 Å². The van der Waals surface area contributed by atoms with Crippen LogP contribution in [0.25, 0.3) is 0 Å². The van der Waals surface area contributed by atoms with Gasteiger partial charge in [0.1, 0.15) is 5.76 Å². The second-order valence-electron chi connectivity index (χ2n) is 5.72. The molecule has 0 bridgehead atoms. The zero-order valence-electron chi connectivity index (χ0n) is 13.4. The molecule has 1 aliphatic carbocycles. The van der Waals surface area contributed by atoms with Gasteiger partial charge < -0.3 is 15.1 Å². The molecule has 2 N–H and O–H groups in total. The van der Waals surface area contributed by atoms with Gasteiger partial charge in [-0.2, -0.15) is 0 Å². The Labute approximate surface area is 154 Å². The van der Waals surface area contributed by atoms with E-state index >= 15 is 0 Å². The van der Waals surface area contributed by atoms with Gasteiger partial charge in [-0.1, -0.05) is 30.3 Å². The molecule has 0 amide bonds. The summed E-state index contributed by atoms with van der Waals surface area (Å²) in [7, 11) is 1.81. The predicted molar refractivity (Wildman–Crippen MR) is 104 cm³/mol. The third-order valence-electron chi connectivity index (χ3n) is 4.15. The van der Waals surface area contributed by atoms with Crippen LogP contribution in [0.5, 0.6) is 0 Å². The smallest absolute Gasteiger partial charge is 0.191 e. The molecule has 2 unspecified atom stereocenters. The quantitative estimate of drug-likeness (QED) is 0.424. The van der Waals surface area contributed by atoms with E-state index in [0.29, 0.717) is 11.8 Å². The van der Waals surface area contributed by atoms with Crippen LogP contribution in [0.4, 0.5) is 0 Å². The average molecular weight is 425 g/mol. The van der Waals surface area contributed by atoms with E-state index < -0.39 is 0 Å². The highest BCUT2D eigenvalue weighted by molar-refractivity contribution is 14.0. The number of furan rings is 1. The summed E-state index contributed by atoms with van der Waals surface area (Å²) in [5.41, 5.74) is 1.45. The van der Waals surface area contributed by atoms with Crippen LogP contribution >= 0.6 is 24.0 Å². The number of nitrogens with one attached hydrogen (secondary N) is 2. The zero-order valence-corrected chi connectivity index (χ0v) is 15.7. The maximum atomic E-state index is 5.32. The van der Waals surface area contributed by atoms with E-state index in [9.17, 15) is 0 Å². The Morgan fingerprint density at radius 1 is 1.17 bits per heavy atom. The molecule has 1 fully saturated rings. The van der Waals surface area contributed by atoms with Gasteiger partial charge in [-0.15, -0.1) is 24.0 Å². The fourth-order valence-corrected chi connectivity index (χ4v) is 2.79. The Kier molecular flexibility index (Phi) is 6.95. The predicted octanol–water partition coefficient (Wildman–Crippen LogP) is 3.41. The summed E-state index contributed by atoms with van der Waals surface area (Å²) in [6.45, 7) is 1.79. The van der Waals surface area contributed by atoms with Gasteiger partial charge in [-0.05, 0) is 36.0 Å². The van der Waals surface area contributed by atoms with Crippen LogP contribution in [-0.2, 0) is 6.42 Å². The topological polar surface area (TPSA) is 49.6 Å². The summed E-state index contributed by atoms with van der Waals surface area (Å²) in [4.78, 5) is 4.27. The number of aliphatic imine (C=N–C) groups is 1. The number of hydrogen-bond acceptors (Lipinski definition) is 2. The summed E-state index contributed by atoms with van der Waals surface area (Å²) in [5.74, 6) is 3.28. The molecule has 0 aliphatic heterocycles. The minimum absolute atomic E-state index is 0. The lowest BCUT2D eigenvalue weighted by atomic mass is 10.1. The van der Waals surface area contributed by atoms with E-state index in [1.807, 2.05) is 19.2 Å². The van der Waals surface area contributed by atoms with Crippen molar-refractivity contribution in [3.8, 4) is 0 Å². The highest BCUT2D eigenvalue weighted by Crippen LogP contribution is 2.46. The largest absolute Gasteiger partial charge is 0.469 e. The first-order valence-corrected chi connectivity index (χ1v) is 7.88. The molecule has 1 aliphatic rings. The molecule has 0 saturated heterocycles. The fourth-order valence-electron chi connectivity index (χ4n) is 2.79. The van der Waals surface area contributed by atoms with E-state index in [2.05, 4.69) is 46.0 Å². The molecular weight excluding hydrogens is 401 g/mol. The number of guanidine groups is 1. The molecule has 1 saturated carbocycles. The highest BCUT2D eigenvalue weighted by Gasteiger charge is 2.37. The molecule has 3 rings (SSSR count). The van der Waals surface area contributed by atoms with Crippen molar-refractivity contribution in [2.75, 3.05) is 20.1 Å². The van der Waals surface area contributed by atoms with Crippen molar-refractivity contribution in [1.82, 2.24) is 10.6 Å². The van der Waals surface area contributed by atoms with E-state index in [0.717, 1.165) is 31.2 Å². The van der Waals surface area contributed by atoms with Crippen molar-refractivity contribution in [1.29, 1.82) is 0 Å². The minimum atomic E-state index is 0. The van der Waals surface area contributed by atoms with Crippen molar-refractivity contribution in [3.05, 3.63) is 60.1 Å². The van der Waals surface area contributed by atoms with Gasteiger partial charge in [0.15, 0.2) is 5.96 Å². The van der Waals surface area contributed by atoms with Crippen LogP contribution < -0.4 is 10.6 Å². The van der Waals surface area contributed by atoms with Crippen molar-refractivity contribution in [2.45, 2.75) is 18.8 Å². The second-order valence-corrected chi connectivity index (χ2v) is 5.72. The van der Waals surface area contributed by atoms with Crippen LogP contribution in [0.2, 0.25) is 0 Å². The standard InChI is InChI=1S/C18H23N3O.HI/c1-19-18(20-10-9-16-8-5-11-22-16)21-13-15-12-17(15)14-6-3-2-4-7-14;/h2-8,11,15,17H,9-10,12-13H2,1H3,(H2,19,20,21);1H.